The van der Waals surface area contributed by atoms with E-state index in [0.29, 0.717) is 34.6 Å². The average molecular weight is 683 g/mol. The van der Waals surface area contributed by atoms with Crippen LogP contribution in [0.5, 0.6) is 5.75 Å². The van der Waals surface area contributed by atoms with Gasteiger partial charge in [-0.2, -0.15) is 9.78 Å². The number of carbonyl (C=O) groups excluding carboxylic acids is 2. The normalized spacial score (nSPS) is 25.1. The Kier molecular flexibility index (Phi) is 8.46. The number of nitrogens with zero attached hydrogens (tertiary/aromatic N) is 4. The third kappa shape index (κ3) is 5.47. The second kappa shape index (κ2) is 12.5. The number of rotatable bonds is 8. The number of benzene rings is 3. The van der Waals surface area contributed by atoms with Crippen molar-refractivity contribution in [2.45, 2.75) is 69.1 Å². The van der Waals surface area contributed by atoms with Crippen LogP contribution in [0.15, 0.2) is 77.7 Å². The quantitative estimate of drug-likeness (QED) is 0.265. The molecule has 0 radical (unpaired) electrons. The minimum atomic E-state index is -2.99. The molecule has 0 bridgehead atoms. The standard InChI is InChI=1S/C37H42N4O7Si/c1-23-34(49(3,4)46)32(19-33(43)39-17-7-9-27(39)22-42)48-37(23)30-18-28(47-2)15-16-31(30)40(36(37)45)21-24-11-13-26(14-12-24)41-35(44)29-10-6-5-8-25(29)20-38-41/h5-6,8,10-16,18,20,23,27,32,34,42,46H,7,9,17,19,21-22H2,1-4H3/t23-,27-,32+,34-,37+/m0/s1. The zero-order valence-electron chi connectivity index (χ0n) is 28.2. The monoisotopic (exact) mass is 682 g/mol. The fourth-order valence-corrected chi connectivity index (χ4v) is 10.9. The highest BCUT2D eigenvalue weighted by molar-refractivity contribution is 6.71. The first-order chi connectivity index (χ1) is 23.5. The van der Waals surface area contributed by atoms with Crippen LogP contribution in [0.4, 0.5) is 5.69 Å². The van der Waals surface area contributed by atoms with Gasteiger partial charge in [-0.15, -0.1) is 0 Å². The van der Waals surface area contributed by atoms with Crippen molar-refractivity contribution in [3.8, 4) is 11.4 Å². The molecule has 0 aliphatic carbocycles. The minimum Gasteiger partial charge on any atom is -0.497 e. The number of amides is 2. The SMILES string of the molecule is COc1ccc2c(c1)[C@@]1(O[C@H](CC(=O)N3CCC[C@H]3CO)[C@@H]([Si](C)(C)O)[C@@H]1C)C(=O)N2Cc1ccc(-n2ncc3ccccc3c2=O)cc1. The molecule has 11 nitrogen and oxygen atoms in total. The van der Waals surface area contributed by atoms with Crippen LogP contribution in [0.3, 0.4) is 0 Å². The molecule has 0 unspecified atom stereocenters. The Bertz CT molecular complexity index is 1980. The molecule has 1 aromatic heterocycles. The molecule has 2 fully saturated rings. The molecular formula is C37H42N4O7Si. The van der Waals surface area contributed by atoms with Crippen LogP contribution in [0.25, 0.3) is 16.5 Å². The zero-order valence-corrected chi connectivity index (χ0v) is 29.2. The number of anilines is 1. The Morgan fingerprint density at radius 1 is 1.10 bits per heavy atom. The summed E-state index contributed by atoms with van der Waals surface area (Å²) in [4.78, 5) is 56.7. The van der Waals surface area contributed by atoms with Crippen LogP contribution in [0.1, 0.15) is 37.3 Å². The summed E-state index contributed by atoms with van der Waals surface area (Å²) in [6, 6.07) is 20.0. The molecule has 49 heavy (non-hydrogen) atoms. The Labute approximate surface area is 285 Å². The first-order valence-electron chi connectivity index (χ1n) is 16.8. The van der Waals surface area contributed by atoms with E-state index in [4.69, 9.17) is 9.47 Å². The van der Waals surface area contributed by atoms with E-state index in [2.05, 4.69) is 5.10 Å². The minimum absolute atomic E-state index is 0.0144. The molecule has 5 atom stereocenters. The predicted molar refractivity (Wildman–Crippen MR) is 187 cm³/mol. The predicted octanol–water partition coefficient (Wildman–Crippen LogP) is 4.11. The molecule has 3 aliphatic heterocycles. The van der Waals surface area contributed by atoms with Crippen molar-refractivity contribution >= 4 is 36.6 Å². The van der Waals surface area contributed by atoms with Crippen molar-refractivity contribution < 1.29 is 29.0 Å². The molecule has 2 N–H and O–H groups in total. The first kappa shape index (κ1) is 33.1. The van der Waals surface area contributed by atoms with Gasteiger partial charge in [-0.05, 0) is 67.9 Å². The van der Waals surface area contributed by atoms with E-state index >= 15 is 0 Å². The van der Waals surface area contributed by atoms with Crippen molar-refractivity contribution in [1.82, 2.24) is 14.7 Å². The van der Waals surface area contributed by atoms with Crippen LogP contribution in [-0.4, -0.2) is 77.1 Å². The number of likely N-dealkylation sites (tertiary alicyclic amines) is 1. The number of ether oxygens (including phenoxy) is 2. The Balaban J connectivity index is 1.22. The molecule has 3 aliphatic rings. The molecule has 0 saturated carbocycles. The lowest BCUT2D eigenvalue weighted by molar-refractivity contribution is -0.150. The van der Waals surface area contributed by atoms with Gasteiger partial charge in [-0.25, -0.2) is 0 Å². The number of carbonyl (C=O) groups is 2. The summed E-state index contributed by atoms with van der Waals surface area (Å²) < 4.78 is 13.8. The second-order valence-corrected chi connectivity index (χ2v) is 18.0. The molecule has 4 aromatic rings. The lowest BCUT2D eigenvalue weighted by Crippen LogP contribution is -2.46. The number of hydrogen-bond acceptors (Lipinski definition) is 8. The number of methoxy groups -OCH3 is 1. The number of aromatic nitrogens is 2. The Morgan fingerprint density at radius 2 is 1.86 bits per heavy atom. The van der Waals surface area contributed by atoms with E-state index in [1.165, 1.54) is 4.68 Å². The van der Waals surface area contributed by atoms with E-state index in [-0.39, 0.29) is 43.0 Å². The summed E-state index contributed by atoms with van der Waals surface area (Å²) in [5.41, 5.74) is 0.704. The molecule has 4 heterocycles. The van der Waals surface area contributed by atoms with Gasteiger partial charge in [0, 0.05) is 29.0 Å². The maximum atomic E-state index is 14.8. The van der Waals surface area contributed by atoms with Gasteiger partial charge in [-0.3, -0.25) is 14.4 Å². The van der Waals surface area contributed by atoms with Crippen molar-refractivity contribution in [2.75, 3.05) is 25.2 Å². The highest BCUT2D eigenvalue weighted by Crippen LogP contribution is 2.60. The summed E-state index contributed by atoms with van der Waals surface area (Å²) in [6.07, 6.45) is 2.56. The lowest BCUT2D eigenvalue weighted by atomic mass is 9.82. The fourth-order valence-electron chi connectivity index (χ4n) is 8.38. The average Bonchev–Trinajstić information content (AvgIpc) is 3.75. The maximum absolute atomic E-state index is 14.8. The summed E-state index contributed by atoms with van der Waals surface area (Å²) in [5, 5.41) is 15.6. The summed E-state index contributed by atoms with van der Waals surface area (Å²) in [6.45, 7) is 6.32. The third-order valence-electron chi connectivity index (χ3n) is 10.7. The molecule has 3 aromatic carbocycles. The highest BCUT2D eigenvalue weighted by Gasteiger charge is 2.66. The van der Waals surface area contributed by atoms with E-state index in [1.54, 1.807) is 29.2 Å². The zero-order chi connectivity index (χ0) is 34.7. The van der Waals surface area contributed by atoms with Crippen LogP contribution in [-0.2, 0) is 26.5 Å². The van der Waals surface area contributed by atoms with Gasteiger partial charge in [0.15, 0.2) is 13.9 Å². The largest absolute Gasteiger partial charge is 0.497 e. The van der Waals surface area contributed by atoms with Gasteiger partial charge in [0.05, 0.1) is 61.8 Å². The fraction of sp³-hybridized carbons (Fsp3) is 0.405. The smallest absolute Gasteiger partial charge is 0.279 e. The first-order valence-corrected chi connectivity index (χ1v) is 19.9. The van der Waals surface area contributed by atoms with Crippen LogP contribution >= 0.6 is 0 Å². The molecule has 256 valence electrons. The number of aliphatic hydroxyl groups excluding tert-OH is 1. The van der Waals surface area contributed by atoms with Crippen LogP contribution in [0, 0.1) is 5.92 Å². The topological polar surface area (TPSA) is 134 Å². The molecular weight excluding hydrogens is 641 g/mol. The van der Waals surface area contributed by atoms with E-state index in [0.717, 1.165) is 23.8 Å². The lowest BCUT2D eigenvalue weighted by Gasteiger charge is -2.32. The van der Waals surface area contributed by atoms with Crippen molar-refractivity contribution in [3.63, 3.8) is 0 Å². The van der Waals surface area contributed by atoms with Gasteiger partial charge in [0.2, 0.25) is 5.91 Å². The van der Waals surface area contributed by atoms with Gasteiger partial charge < -0.3 is 29.2 Å². The highest BCUT2D eigenvalue weighted by atomic mass is 28.4. The van der Waals surface area contributed by atoms with Gasteiger partial charge in [0.25, 0.3) is 11.5 Å². The Morgan fingerprint density at radius 3 is 2.57 bits per heavy atom. The number of fused-ring (bicyclic) bond motifs is 3. The van der Waals surface area contributed by atoms with Gasteiger partial charge in [-0.1, -0.05) is 37.3 Å². The Hall–Kier alpha value is -4.36. The van der Waals surface area contributed by atoms with E-state index in [1.807, 2.05) is 80.7 Å². The maximum Gasteiger partial charge on any atom is 0.279 e. The van der Waals surface area contributed by atoms with Crippen LogP contribution < -0.4 is 15.2 Å². The van der Waals surface area contributed by atoms with Crippen LogP contribution in [0.2, 0.25) is 18.6 Å². The van der Waals surface area contributed by atoms with Gasteiger partial charge >= 0.3 is 0 Å². The molecule has 12 heteroatoms. The molecule has 2 saturated heterocycles. The summed E-state index contributed by atoms with van der Waals surface area (Å²) in [7, 11) is -1.42. The number of aliphatic hydroxyl groups is 1. The van der Waals surface area contributed by atoms with Gasteiger partial charge in [0.1, 0.15) is 5.75 Å². The summed E-state index contributed by atoms with van der Waals surface area (Å²) >= 11 is 0. The van der Waals surface area contributed by atoms with E-state index < -0.39 is 31.5 Å². The van der Waals surface area contributed by atoms with Crippen molar-refractivity contribution in [1.29, 1.82) is 0 Å². The van der Waals surface area contributed by atoms with E-state index in [9.17, 15) is 24.3 Å². The van der Waals surface area contributed by atoms with Crippen molar-refractivity contribution in [2.24, 2.45) is 5.92 Å². The molecule has 2 amide bonds. The third-order valence-corrected chi connectivity index (χ3v) is 13.2. The molecule has 7 rings (SSSR count). The van der Waals surface area contributed by atoms with Crippen molar-refractivity contribution in [3.05, 3.63) is 94.4 Å². The second-order valence-electron chi connectivity index (χ2n) is 14.0. The summed E-state index contributed by atoms with van der Waals surface area (Å²) in [5.74, 6) is -0.267. The number of hydrogen-bond donors (Lipinski definition) is 2. The molecule has 1 spiro atoms.